The number of aromatic nitrogens is 1. The van der Waals surface area contributed by atoms with Crippen molar-refractivity contribution in [2.45, 2.75) is 18.9 Å². The smallest absolute Gasteiger partial charge is 0.247 e. The highest BCUT2D eigenvalue weighted by Crippen LogP contribution is 2.10. The molecule has 0 aliphatic rings. The standard InChI is InChI=1S/C21H24N4O4S/c26-19(11-10-16-6-2-1-3-7-16)24-18(15-30-13-5-9-20(27)25-29)21(28)23-17-8-4-12-22-14-17/h1-4,6-8,10-12,14,18,29H,5,9,13,15H2,(H,23,28)(H,24,26)(H,25,27)/b11-10+/t18-/m0/s1. The van der Waals surface area contributed by atoms with Gasteiger partial charge in [0.1, 0.15) is 6.04 Å². The number of thioether (sulfide) groups is 1. The van der Waals surface area contributed by atoms with E-state index in [1.807, 2.05) is 30.3 Å². The molecule has 0 fully saturated rings. The third kappa shape index (κ3) is 8.89. The van der Waals surface area contributed by atoms with Crippen LogP contribution in [0.4, 0.5) is 5.69 Å². The Bertz CT molecular complexity index is 847. The van der Waals surface area contributed by atoms with Crippen LogP contribution in [-0.2, 0) is 14.4 Å². The molecule has 1 atom stereocenters. The first kappa shape index (κ1) is 23.1. The molecule has 0 unspecified atom stereocenters. The summed E-state index contributed by atoms with van der Waals surface area (Å²) in [4.78, 5) is 40.0. The lowest BCUT2D eigenvalue weighted by molar-refractivity contribution is -0.129. The molecule has 0 saturated carbocycles. The van der Waals surface area contributed by atoms with Crippen molar-refractivity contribution in [3.63, 3.8) is 0 Å². The number of amides is 3. The summed E-state index contributed by atoms with van der Waals surface area (Å²) < 4.78 is 0. The van der Waals surface area contributed by atoms with Gasteiger partial charge in [-0.05, 0) is 35.9 Å². The molecule has 1 heterocycles. The minimum Gasteiger partial charge on any atom is -0.340 e. The summed E-state index contributed by atoms with van der Waals surface area (Å²) in [5, 5.41) is 14.0. The molecule has 2 rings (SSSR count). The second kappa shape index (κ2) is 13.1. The Morgan fingerprint density at radius 3 is 2.63 bits per heavy atom. The molecule has 3 amide bonds. The predicted molar refractivity (Wildman–Crippen MR) is 117 cm³/mol. The van der Waals surface area contributed by atoms with Gasteiger partial charge in [-0.25, -0.2) is 5.48 Å². The Balaban J connectivity index is 1.93. The fourth-order valence-corrected chi connectivity index (χ4v) is 3.38. The molecular weight excluding hydrogens is 404 g/mol. The van der Waals surface area contributed by atoms with E-state index in [-0.39, 0.29) is 18.2 Å². The number of pyridine rings is 1. The summed E-state index contributed by atoms with van der Waals surface area (Å²) in [5.74, 6) is -0.270. The average Bonchev–Trinajstić information content (AvgIpc) is 2.77. The summed E-state index contributed by atoms with van der Waals surface area (Å²) in [6.45, 7) is 0. The van der Waals surface area contributed by atoms with E-state index >= 15 is 0 Å². The number of benzene rings is 1. The van der Waals surface area contributed by atoms with E-state index in [2.05, 4.69) is 15.6 Å². The quantitative estimate of drug-likeness (QED) is 0.189. The maximum Gasteiger partial charge on any atom is 0.247 e. The lowest BCUT2D eigenvalue weighted by Crippen LogP contribution is -2.45. The van der Waals surface area contributed by atoms with Crippen molar-refractivity contribution < 1.29 is 19.6 Å². The molecular formula is C21H24N4O4S. The van der Waals surface area contributed by atoms with E-state index in [0.717, 1.165) is 5.56 Å². The number of rotatable bonds is 11. The van der Waals surface area contributed by atoms with Gasteiger partial charge in [0, 0.05) is 24.4 Å². The molecule has 158 valence electrons. The van der Waals surface area contributed by atoms with Crippen LogP contribution in [0.2, 0.25) is 0 Å². The minimum atomic E-state index is -0.769. The lowest BCUT2D eigenvalue weighted by atomic mass is 10.2. The van der Waals surface area contributed by atoms with E-state index < -0.39 is 11.9 Å². The van der Waals surface area contributed by atoms with Crippen molar-refractivity contribution in [1.82, 2.24) is 15.8 Å². The Morgan fingerprint density at radius 2 is 1.93 bits per heavy atom. The maximum atomic E-state index is 12.7. The number of carbonyl (C=O) groups is 3. The van der Waals surface area contributed by atoms with Gasteiger partial charge in [0.05, 0.1) is 11.9 Å². The Labute approximate surface area is 179 Å². The fraction of sp³-hybridized carbons (Fsp3) is 0.238. The average molecular weight is 429 g/mol. The number of carbonyl (C=O) groups excluding carboxylic acids is 3. The number of hydrogen-bond acceptors (Lipinski definition) is 6. The van der Waals surface area contributed by atoms with Gasteiger partial charge in [0.25, 0.3) is 0 Å². The number of nitrogens with one attached hydrogen (secondary N) is 3. The molecule has 0 saturated heterocycles. The topological polar surface area (TPSA) is 120 Å². The predicted octanol–water partition coefficient (Wildman–Crippen LogP) is 2.24. The fourth-order valence-electron chi connectivity index (χ4n) is 2.40. The van der Waals surface area contributed by atoms with Gasteiger partial charge in [0.2, 0.25) is 17.7 Å². The van der Waals surface area contributed by atoms with Crippen LogP contribution in [0.15, 0.2) is 60.9 Å². The zero-order valence-corrected chi connectivity index (χ0v) is 17.1. The van der Waals surface area contributed by atoms with Crippen molar-refractivity contribution in [3.8, 4) is 0 Å². The molecule has 0 bridgehead atoms. The molecule has 1 aromatic carbocycles. The summed E-state index contributed by atoms with van der Waals surface area (Å²) in [5.41, 5.74) is 2.99. The van der Waals surface area contributed by atoms with E-state index in [1.165, 1.54) is 24.0 Å². The Hall–Kier alpha value is -3.17. The van der Waals surface area contributed by atoms with Crippen LogP contribution in [0.1, 0.15) is 18.4 Å². The monoisotopic (exact) mass is 428 g/mol. The summed E-state index contributed by atoms with van der Waals surface area (Å²) >= 11 is 1.43. The zero-order chi connectivity index (χ0) is 21.6. The van der Waals surface area contributed by atoms with Gasteiger partial charge in [-0.1, -0.05) is 30.3 Å². The maximum absolute atomic E-state index is 12.7. The zero-order valence-electron chi connectivity index (χ0n) is 16.3. The highest BCUT2D eigenvalue weighted by molar-refractivity contribution is 7.99. The number of hydroxylamine groups is 1. The summed E-state index contributed by atoms with van der Waals surface area (Å²) in [6.07, 6.45) is 6.90. The number of anilines is 1. The van der Waals surface area contributed by atoms with Gasteiger partial charge >= 0.3 is 0 Å². The SMILES string of the molecule is O=C(/C=C/c1ccccc1)N[C@@H](CSCCCC(=O)NO)C(=O)Nc1cccnc1. The molecule has 9 heteroatoms. The van der Waals surface area contributed by atoms with Gasteiger partial charge in [-0.15, -0.1) is 0 Å². The van der Waals surface area contributed by atoms with Crippen molar-refractivity contribution in [2.75, 3.05) is 16.8 Å². The Kier molecular flexibility index (Phi) is 10.1. The third-order valence-corrected chi connectivity index (χ3v) is 5.04. The first-order valence-corrected chi connectivity index (χ1v) is 10.5. The largest absolute Gasteiger partial charge is 0.340 e. The van der Waals surface area contributed by atoms with Crippen LogP contribution in [-0.4, -0.2) is 45.5 Å². The van der Waals surface area contributed by atoms with Crippen molar-refractivity contribution >= 4 is 41.2 Å². The normalized spacial score (nSPS) is 11.6. The van der Waals surface area contributed by atoms with Gasteiger partial charge < -0.3 is 10.6 Å². The van der Waals surface area contributed by atoms with Crippen molar-refractivity contribution in [1.29, 1.82) is 0 Å². The van der Waals surface area contributed by atoms with Crippen LogP contribution < -0.4 is 16.1 Å². The van der Waals surface area contributed by atoms with Crippen LogP contribution in [0, 0.1) is 0 Å². The molecule has 8 nitrogen and oxygen atoms in total. The highest BCUT2D eigenvalue weighted by Gasteiger charge is 2.20. The van der Waals surface area contributed by atoms with Gasteiger partial charge in [-0.2, -0.15) is 11.8 Å². The van der Waals surface area contributed by atoms with E-state index in [0.29, 0.717) is 23.6 Å². The molecule has 4 N–H and O–H groups in total. The van der Waals surface area contributed by atoms with Gasteiger partial charge in [0.15, 0.2) is 0 Å². The van der Waals surface area contributed by atoms with Crippen LogP contribution in [0.3, 0.4) is 0 Å². The highest BCUT2D eigenvalue weighted by atomic mass is 32.2. The molecule has 0 radical (unpaired) electrons. The minimum absolute atomic E-state index is 0.183. The van der Waals surface area contributed by atoms with Crippen LogP contribution in [0.5, 0.6) is 0 Å². The van der Waals surface area contributed by atoms with Crippen LogP contribution in [0.25, 0.3) is 6.08 Å². The van der Waals surface area contributed by atoms with E-state index in [1.54, 1.807) is 29.9 Å². The van der Waals surface area contributed by atoms with E-state index in [4.69, 9.17) is 5.21 Å². The second-order valence-corrected chi connectivity index (χ2v) is 7.40. The number of hydrogen-bond donors (Lipinski definition) is 4. The molecule has 1 aromatic heterocycles. The second-order valence-electron chi connectivity index (χ2n) is 6.25. The Morgan fingerprint density at radius 1 is 1.13 bits per heavy atom. The lowest BCUT2D eigenvalue weighted by Gasteiger charge is -2.17. The first-order chi connectivity index (χ1) is 14.6. The molecule has 0 aliphatic carbocycles. The molecule has 0 spiro atoms. The van der Waals surface area contributed by atoms with Crippen molar-refractivity contribution in [3.05, 3.63) is 66.5 Å². The molecule has 2 aromatic rings. The first-order valence-electron chi connectivity index (χ1n) is 9.33. The number of nitrogens with zero attached hydrogens (tertiary/aromatic N) is 1. The third-order valence-electron chi connectivity index (χ3n) is 3.89. The van der Waals surface area contributed by atoms with E-state index in [9.17, 15) is 14.4 Å². The molecule has 0 aliphatic heterocycles. The van der Waals surface area contributed by atoms with Crippen molar-refractivity contribution in [2.24, 2.45) is 0 Å². The summed E-state index contributed by atoms with van der Waals surface area (Å²) in [6, 6.07) is 12.0. The summed E-state index contributed by atoms with van der Waals surface area (Å²) in [7, 11) is 0. The van der Waals surface area contributed by atoms with Gasteiger partial charge in [-0.3, -0.25) is 24.6 Å². The van der Waals surface area contributed by atoms with Crippen LogP contribution >= 0.6 is 11.8 Å². The molecule has 30 heavy (non-hydrogen) atoms.